The SMILES string of the molecule is COCC(O)CN(C)c1ccnc(C)c1. The maximum Gasteiger partial charge on any atom is 0.0947 e. The topological polar surface area (TPSA) is 45.6 Å². The number of aliphatic hydroxyl groups excluding tert-OH is 1. The van der Waals surface area contributed by atoms with Crippen LogP contribution in [0.5, 0.6) is 0 Å². The van der Waals surface area contributed by atoms with Crippen molar-refractivity contribution >= 4 is 5.69 Å². The van der Waals surface area contributed by atoms with E-state index in [9.17, 15) is 5.11 Å². The lowest BCUT2D eigenvalue weighted by molar-refractivity contribution is 0.0695. The second-order valence-electron chi connectivity index (χ2n) is 3.65. The van der Waals surface area contributed by atoms with Crippen LogP contribution < -0.4 is 4.90 Å². The van der Waals surface area contributed by atoms with Gasteiger partial charge in [-0.25, -0.2) is 0 Å². The number of hydrogen-bond acceptors (Lipinski definition) is 4. The molecule has 0 saturated carbocycles. The second-order valence-corrected chi connectivity index (χ2v) is 3.65. The molecule has 0 aliphatic rings. The van der Waals surface area contributed by atoms with E-state index in [1.807, 2.05) is 31.0 Å². The Morgan fingerprint density at radius 3 is 2.93 bits per heavy atom. The smallest absolute Gasteiger partial charge is 0.0947 e. The molecule has 0 bridgehead atoms. The average molecular weight is 210 g/mol. The first kappa shape index (κ1) is 11.9. The van der Waals surface area contributed by atoms with Gasteiger partial charge in [-0.1, -0.05) is 0 Å². The van der Waals surface area contributed by atoms with Gasteiger partial charge in [0.2, 0.25) is 0 Å². The van der Waals surface area contributed by atoms with Crippen LogP contribution >= 0.6 is 0 Å². The average Bonchev–Trinajstić information content (AvgIpc) is 2.18. The van der Waals surface area contributed by atoms with Gasteiger partial charge in [0.1, 0.15) is 0 Å². The lowest BCUT2D eigenvalue weighted by atomic mass is 10.3. The minimum Gasteiger partial charge on any atom is -0.389 e. The number of hydrogen-bond donors (Lipinski definition) is 1. The molecule has 4 nitrogen and oxygen atoms in total. The van der Waals surface area contributed by atoms with Gasteiger partial charge in [0.25, 0.3) is 0 Å². The van der Waals surface area contributed by atoms with Crippen molar-refractivity contribution in [2.45, 2.75) is 13.0 Å². The first-order chi connectivity index (χ1) is 7.13. The fourth-order valence-corrected chi connectivity index (χ4v) is 1.43. The first-order valence-corrected chi connectivity index (χ1v) is 4.94. The Kier molecular flexibility index (Phi) is 4.52. The van der Waals surface area contributed by atoms with E-state index < -0.39 is 6.10 Å². The second kappa shape index (κ2) is 5.68. The van der Waals surface area contributed by atoms with E-state index in [0.717, 1.165) is 11.4 Å². The number of rotatable bonds is 5. The standard InChI is InChI=1S/C11H18N2O2/c1-9-6-10(4-5-12-9)13(2)7-11(14)8-15-3/h4-6,11,14H,7-8H2,1-3H3. The molecular weight excluding hydrogens is 192 g/mol. The van der Waals surface area contributed by atoms with Crippen LogP contribution in [0.4, 0.5) is 5.69 Å². The number of aryl methyl sites for hydroxylation is 1. The molecule has 0 amide bonds. The van der Waals surface area contributed by atoms with E-state index >= 15 is 0 Å². The van der Waals surface area contributed by atoms with Crippen LogP contribution in [0, 0.1) is 6.92 Å². The van der Waals surface area contributed by atoms with Gasteiger partial charge in [-0.15, -0.1) is 0 Å². The summed E-state index contributed by atoms with van der Waals surface area (Å²) in [6, 6.07) is 3.91. The van der Waals surface area contributed by atoms with E-state index in [1.54, 1.807) is 13.3 Å². The highest BCUT2D eigenvalue weighted by molar-refractivity contribution is 5.45. The molecular formula is C11H18N2O2. The fraction of sp³-hybridized carbons (Fsp3) is 0.545. The minimum absolute atomic E-state index is 0.356. The van der Waals surface area contributed by atoms with E-state index in [1.165, 1.54) is 0 Å². The summed E-state index contributed by atoms with van der Waals surface area (Å²) in [5, 5.41) is 9.57. The van der Waals surface area contributed by atoms with Crippen LogP contribution in [-0.2, 0) is 4.74 Å². The number of likely N-dealkylation sites (N-methyl/N-ethyl adjacent to an activating group) is 1. The van der Waals surface area contributed by atoms with Gasteiger partial charge >= 0.3 is 0 Å². The third-order valence-electron chi connectivity index (χ3n) is 2.16. The van der Waals surface area contributed by atoms with Gasteiger partial charge in [-0.05, 0) is 19.1 Å². The van der Waals surface area contributed by atoms with Crippen molar-refractivity contribution in [3.63, 3.8) is 0 Å². The maximum atomic E-state index is 9.57. The Morgan fingerprint density at radius 1 is 1.60 bits per heavy atom. The predicted octanol–water partition coefficient (Wildman–Crippen LogP) is 0.834. The summed E-state index contributed by atoms with van der Waals surface area (Å²) in [6.45, 7) is 2.86. The molecule has 0 aliphatic heterocycles. The lowest BCUT2D eigenvalue weighted by Crippen LogP contribution is -2.31. The summed E-state index contributed by atoms with van der Waals surface area (Å²) < 4.78 is 4.88. The highest BCUT2D eigenvalue weighted by Gasteiger charge is 2.08. The van der Waals surface area contributed by atoms with Crippen molar-refractivity contribution in [3.8, 4) is 0 Å². The molecule has 1 rings (SSSR count). The van der Waals surface area contributed by atoms with E-state index in [-0.39, 0.29) is 0 Å². The quantitative estimate of drug-likeness (QED) is 0.782. The molecule has 15 heavy (non-hydrogen) atoms. The molecule has 0 radical (unpaired) electrons. The zero-order valence-corrected chi connectivity index (χ0v) is 9.47. The van der Waals surface area contributed by atoms with Crippen LogP contribution in [0.25, 0.3) is 0 Å². The molecule has 0 fully saturated rings. The summed E-state index contributed by atoms with van der Waals surface area (Å²) in [7, 11) is 3.52. The molecule has 1 heterocycles. The number of methoxy groups -OCH3 is 1. The maximum absolute atomic E-state index is 9.57. The van der Waals surface area contributed by atoms with Crippen LogP contribution in [0.3, 0.4) is 0 Å². The summed E-state index contributed by atoms with van der Waals surface area (Å²) >= 11 is 0. The molecule has 0 saturated heterocycles. The van der Waals surface area contributed by atoms with Crippen LogP contribution in [0.1, 0.15) is 5.69 Å². The Morgan fingerprint density at radius 2 is 2.33 bits per heavy atom. The van der Waals surface area contributed by atoms with Gasteiger partial charge in [0.05, 0.1) is 12.7 Å². The van der Waals surface area contributed by atoms with Crippen LogP contribution in [0.2, 0.25) is 0 Å². The number of pyridine rings is 1. The summed E-state index contributed by atoms with van der Waals surface area (Å²) in [6.07, 6.45) is 1.30. The van der Waals surface area contributed by atoms with Gasteiger partial charge < -0.3 is 14.7 Å². The summed E-state index contributed by atoms with van der Waals surface area (Å²) in [4.78, 5) is 6.11. The third-order valence-corrected chi connectivity index (χ3v) is 2.16. The minimum atomic E-state index is -0.464. The molecule has 0 spiro atoms. The largest absolute Gasteiger partial charge is 0.389 e. The third kappa shape index (κ3) is 3.85. The van der Waals surface area contributed by atoms with Crippen LogP contribution in [-0.4, -0.2) is 43.5 Å². The number of anilines is 1. The van der Waals surface area contributed by atoms with Crippen molar-refractivity contribution < 1.29 is 9.84 Å². The first-order valence-electron chi connectivity index (χ1n) is 4.94. The lowest BCUT2D eigenvalue weighted by Gasteiger charge is -2.22. The van der Waals surface area contributed by atoms with E-state index in [0.29, 0.717) is 13.2 Å². The Labute approximate surface area is 90.5 Å². The molecule has 84 valence electrons. The monoisotopic (exact) mass is 210 g/mol. The molecule has 1 N–H and O–H groups in total. The molecule has 1 atom stereocenters. The van der Waals surface area contributed by atoms with Crippen LogP contribution in [0.15, 0.2) is 18.3 Å². The Hall–Kier alpha value is -1.13. The number of ether oxygens (including phenoxy) is 1. The Balaban J connectivity index is 2.56. The molecule has 0 aromatic carbocycles. The molecule has 1 aromatic heterocycles. The van der Waals surface area contributed by atoms with Crippen molar-refractivity contribution in [1.82, 2.24) is 4.98 Å². The zero-order chi connectivity index (χ0) is 11.3. The normalized spacial score (nSPS) is 12.5. The van der Waals surface area contributed by atoms with E-state index in [2.05, 4.69) is 4.98 Å². The highest BCUT2D eigenvalue weighted by atomic mass is 16.5. The molecule has 1 unspecified atom stereocenters. The van der Waals surface area contributed by atoms with Crippen molar-refractivity contribution in [3.05, 3.63) is 24.0 Å². The molecule has 4 heteroatoms. The highest BCUT2D eigenvalue weighted by Crippen LogP contribution is 2.12. The zero-order valence-electron chi connectivity index (χ0n) is 9.47. The molecule has 0 aliphatic carbocycles. The summed E-state index contributed by atoms with van der Waals surface area (Å²) in [5.41, 5.74) is 2.03. The van der Waals surface area contributed by atoms with Gasteiger partial charge in [-0.2, -0.15) is 0 Å². The molecule has 1 aromatic rings. The number of aliphatic hydroxyl groups is 1. The van der Waals surface area contributed by atoms with Gasteiger partial charge in [0, 0.05) is 38.3 Å². The Bertz CT molecular complexity index is 304. The van der Waals surface area contributed by atoms with Gasteiger partial charge in [0.15, 0.2) is 0 Å². The fourth-order valence-electron chi connectivity index (χ4n) is 1.43. The van der Waals surface area contributed by atoms with Gasteiger partial charge in [-0.3, -0.25) is 4.98 Å². The van der Waals surface area contributed by atoms with Crippen molar-refractivity contribution in [2.24, 2.45) is 0 Å². The van der Waals surface area contributed by atoms with Crippen molar-refractivity contribution in [2.75, 3.05) is 32.2 Å². The summed E-state index contributed by atoms with van der Waals surface area (Å²) in [5.74, 6) is 0. The van der Waals surface area contributed by atoms with Crippen molar-refractivity contribution in [1.29, 1.82) is 0 Å². The van der Waals surface area contributed by atoms with E-state index in [4.69, 9.17) is 4.74 Å². The number of nitrogens with zero attached hydrogens (tertiary/aromatic N) is 2. The number of aromatic nitrogens is 1. The predicted molar refractivity (Wildman–Crippen MR) is 60.1 cm³/mol.